The lowest BCUT2D eigenvalue weighted by Gasteiger charge is -2.16. The average Bonchev–Trinajstić information content (AvgIpc) is 2.13. The van der Waals surface area contributed by atoms with E-state index >= 15 is 0 Å². The largest absolute Gasteiger partial charge is 0.478 e. The van der Waals surface area contributed by atoms with Gasteiger partial charge in [-0.2, -0.15) is 26.3 Å². The third-order valence-corrected chi connectivity index (χ3v) is 2.27. The van der Waals surface area contributed by atoms with Crippen LogP contribution in [0.25, 0.3) is 0 Å². The van der Waals surface area contributed by atoms with Gasteiger partial charge in [0, 0.05) is 0 Å². The van der Waals surface area contributed by atoms with Crippen LogP contribution in [-0.2, 0) is 12.4 Å². The second kappa shape index (κ2) is 4.18. The van der Waals surface area contributed by atoms with E-state index in [-0.39, 0.29) is 12.1 Å². The first-order chi connectivity index (χ1) is 7.94. The fraction of sp³-hybridized carbons (Fsp3) is 0.300. The highest BCUT2D eigenvalue weighted by molar-refractivity contribution is 5.90. The number of rotatable bonds is 1. The van der Waals surface area contributed by atoms with Gasteiger partial charge in [-0.1, -0.05) is 0 Å². The summed E-state index contributed by atoms with van der Waals surface area (Å²) in [5.74, 6) is -1.84. The van der Waals surface area contributed by atoms with Crippen molar-refractivity contribution in [1.29, 1.82) is 0 Å². The van der Waals surface area contributed by atoms with E-state index in [1.165, 1.54) is 0 Å². The molecule has 0 amide bonds. The lowest BCUT2D eigenvalue weighted by molar-refractivity contribution is -0.143. The number of hydrogen-bond acceptors (Lipinski definition) is 1. The molecule has 0 saturated heterocycles. The van der Waals surface area contributed by atoms with Gasteiger partial charge in [0.1, 0.15) is 0 Å². The van der Waals surface area contributed by atoms with Crippen molar-refractivity contribution in [2.24, 2.45) is 0 Å². The van der Waals surface area contributed by atoms with Gasteiger partial charge in [-0.25, -0.2) is 4.79 Å². The molecule has 0 spiro atoms. The van der Waals surface area contributed by atoms with E-state index in [0.29, 0.717) is 0 Å². The van der Waals surface area contributed by atoms with Crippen molar-refractivity contribution < 1.29 is 36.2 Å². The molecule has 1 aromatic carbocycles. The molecular weight excluding hydrogens is 266 g/mol. The van der Waals surface area contributed by atoms with Gasteiger partial charge in [-0.3, -0.25) is 0 Å². The molecule has 2 nitrogen and oxygen atoms in total. The van der Waals surface area contributed by atoms with Gasteiger partial charge in [0.05, 0.1) is 16.7 Å². The van der Waals surface area contributed by atoms with Crippen molar-refractivity contribution in [1.82, 2.24) is 0 Å². The Balaban J connectivity index is 3.63. The monoisotopic (exact) mass is 272 g/mol. The van der Waals surface area contributed by atoms with Crippen LogP contribution in [0.15, 0.2) is 12.1 Å². The first-order valence-corrected chi connectivity index (χ1v) is 4.47. The predicted octanol–water partition coefficient (Wildman–Crippen LogP) is 3.73. The number of aromatic carboxylic acids is 1. The number of benzene rings is 1. The van der Waals surface area contributed by atoms with Crippen molar-refractivity contribution in [3.8, 4) is 0 Å². The fourth-order valence-electron chi connectivity index (χ4n) is 1.39. The molecule has 0 aliphatic heterocycles. The van der Waals surface area contributed by atoms with Crippen LogP contribution in [0.4, 0.5) is 26.3 Å². The van der Waals surface area contributed by atoms with Gasteiger partial charge in [-0.05, 0) is 24.6 Å². The molecule has 0 radical (unpaired) electrons. The van der Waals surface area contributed by atoms with Crippen molar-refractivity contribution in [2.45, 2.75) is 19.3 Å². The quantitative estimate of drug-likeness (QED) is 0.791. The Morgan fingerprint density at radius 2 is 1.56 bits per heavy atom. The van der Waals surface area contributed by atoms with Crippen LogP contribution in [0.3, 0.4) is 0 Å². The SMILES string of the molecule is Cc1c(C(=O)O)cc(C(F)(F)F)cc1C(F)(F)F. The van der Waals surface area contributed by atoms with E-state index in [2.05, 4.69) is 0 Å². The number of carboxylic acids is 1. The molecule has 0 aliphatic rings. The summed E-state index contributed by atoms with van der Waals surface area (Å²) in [6, 6.07) is 0.0919. The average molecular weight is 272 g/mol. The van der Waals surface area contributed by atoms with Gasteiger partial charge < -0.3 is 5.11 Å². The van der Waals surface area contributed by atoms with Crippen LogP contribution in [0.5, 0.6) is 0 Å². The number of carbonyl (C=O) groups is 1. The first-order valence-electron chi connectivity index (χ1n) is 4.47. The molecule has 0 fully saturated rings. The maximum Gasteiger partial charge on any atom is 0.416 e. The van der Waals surface area contributed by atoms with Crippen molar-refractivity contribution >= 4 is 5.97 Å². The molecule has 0 heterocycles. The highest BCUT2D eigenvalue weighted by Crippen LogP contribution is 2.38. The number of hydrogen-bond donors (Lipinski definition) is 1. The number of alkyl halides is 6. The molecule has 0 atom stereocenters. The fourth-order valence-corrected chi connectivity index (χ4v) is 1.39. The van der Waals surface area contributed by atoms with Crippen molar-refractivity contribution in [3.05, 3.63) is 34.4 Å². The standard InChI is InChI=1S/C10H6F6O2/c1-4-6(8(17)18)2-5(9(11,12)13)3-7(4)10(14,15)16/h2-3H,1H3,(H,17,18). The van der Waals surface area contributed by atoms with Gasteiger partial charge in [-0.15, -0.1) is 0 Å². The van der Waals surface area contributed by atoms with Crippen LogP contribution in [-0.4, -0.2) is 11.1 Å². The van der Waals surface area contributed by atoms with Gasteiger partial charge >= 0.3 is 18.3 Å². The molecule has 1 rings (SSSR count). The molecule has 8 heteroatoms. The number of halogens is 6. The highest BCUT2D eigenvalue weighted by Gasteiger charge is 2.39. The zero-order valence-corrected chi connectivity index (χ0v) is 8.78. The van der Waals surface area contributed by atoms with Crippen molar-refractivity contribution in [2.75, 3.05) is 0 Å². The van der Waals surface area contributed by atoms with Crippen LogP contribution < -0.4 is 0 Å². The van der Waals surface area contributed by atoms with Crippen LogP contribution in [0.1, 0.15) is 27.0 Å². The lowest BCUT2D eigenvalue weighted by Crippen LogP contribution is -2.16. The van der Waals surface area contributed by atoms with Crippen LogP contribution >= 0.6 is 0 Å². The molecule has 1 aromatic rings. The molecule has 100 valence electrons. The Morgan fingerprint density at radius 3 is 1.89 bits per heavy atom. The second-order valence-corrected chi connectivity index (χ2v) is 3.50. The van der Waals surface area contributed by atoms with Gasteiger partial charge in [0.2, 0.25) is 0 Å². The van der Waals surface area contributed by atoms with Crippen molar-refractivity contribution in [3.63, 3.8) is 0 Å². The Morgan fingerprint density at radius 1 is 1.06 bits per heavy atom. The topological polar surface area (TPSA) is 37.3 Å². The normalized spacial score (nSPS) is 12.6. The Bertz CT molecular complexity index is 486. The molecule has 0 saturated carbocycles. The van der Waals surface area contributed by atoms with E-state index in [9.17, 15) is 31.1 Å². The Hall–Kier alpha value is -1.73. The maximum absolute atomic E-state index is 12.5. The second-order valence-electron chi connectivity index (χ2n) is 3.50. The molecule has 0 aliphatic carbocycles. The minimum Gasteiger partial charge on any atom is -0.478 e. The molecule has 0 bridgehead atoms. The molecule has 0 aromatic heterocycles. The van der Waals surface area contributed by atoms with Gasteiger partial charge in [0.15, 0.2) is 0 Å². The van der Waals surface area contributed by atoms with Crippen LogP contribution in [0.2, 0.25) is 0 Å². The summed E-state index contributed by atoms with van der Waals surface area (Å²) in [7, 11) is 0. The van der Waals surface area contributed by atoms with E-state index in [0.717, 1.165) is 6.92 Å². The van der Waals surface area contributed by atoms with Crippen LogP contribution in [0, 0.1) is 6.92 Å². The smallest absolute Gasteiger partial charge is 0.416 e. The minimum atomic E-state index is -5.05. The summed E-state index contributed by atoms with van der Waals surface area (Å²) in [4.78, 5) is 10.6. The van der Waals surface area contributed by atoms with E-state index in [1.54, 1.807) is 0 Å². The maximum atomic E-state index is 12.5. The zero-order chi connectivity index (χ0) is 14.3. The van der Waals surface area contributed by atoms with Gasteiger partial charge in [0.25, 0.3) is 0 Å². The lowest BCUT2D eigenvalue weighted by atomic mass is 9.98. The zero-order valence-electron chi connectivity index (χ0n) is 8.78. The first kappa shape index (κ1) is 14.3. The molecule has 18 heavy (non-hydrogen) atoms. The summed E-state index contributed by atoms with van der Waals surface area (Å²) in [5, 5.41) is 8.61. The Kier molecular flexibility index (Phi) is 3.33. The summed E-state index contributed by atoms with van der Waals surface area (Å²) >= 11 is 0. The summed E-state index contributed by atoms with van der Waals surface area (Å²) in [5.41, 5.74) is -5.01. The van der Waals surface area contributed by atoms with E-state index in [4.69, 9.17) is 5.11 Å². The van der Waals surface area contributed by atoms with E-state index in [1.807, 2.05) is 0 Å². The summed E-state index contributed by atoms with van der Waals surface area (Å²) < 4.78 is 74.6. The highest BCUT2D eigenvalue weighted by atomic mass is 19.4. The van der Waals surface area contributed by atoms with E-state index < -0.39 is 40.6 Å². The third kappa shape index (κ3) is 2.74. The predicted molar refractivity (Wildman–Crippen MR) is 48.1 cm³/mol. The molecule has 0 unspecified atom stereocenters. The third-order valence-electron chi connectivity index (χ3n) is 2.27. The Labute approximate surface area is 96.8 Å². The minimum absolute atomic E-state index is 0.0955. The summed E-state index contributed by atoms with van der Waals surface area (Å²) in [6.07, 6.45) is -10.1. The summed E-state index contributed by atoms with van der Waals surface area (Å²) in [6.45, 7) is 0.812. The molecular formula is C10H6F6O2. The molecule has 1 N–H and O–H groups in total. The number of carboxylic acid groups (broad SMARTS) is 1.